The summed E-state index contributed by atoms with van der Waals surface area (Å²) in [5.41, 5.74) is 6.79. The number of para-hydroxylation sites is 1. The van der Waals surface area contributed by atoms with Gasteiger partial charge in [0.2, 0.25) is 0 Å². The van der Waals surface area contributed by atoms with Crippen LogP contribution in [0, 0.1) is 0 Å². The molecular weight excluding hydrogens is 587 g/mol. The van der Waals surface area contributed by atoms with Crippen molar-refractivity contribution in [3.05, 3.63) is 140 Å². The van der Waals surface area contributed by atoms with Crippen LogP contribution in [-0.4, -0.2) is 0 Å². The van der Waals surface area contributed by atoms with E-state index in [2.05, 4.69) is 149 Å². The summed E-state index contributed by atoms with van der Waals surface area (Å²) >= 11 is 7.07. The summed E-state index contributed by atoms with van der Waals surface area (Å²) in [6, 6.07) is 47.9. The van der Waals surface area contributed by atoms with E-state index >= 15 is 0 Å². The van der Waals surface area contributed by atoms with E-state index in [1.807, 2.05) is 0 Å². The quantitative estimate of drug-likeness (QED) is 0.143. The summed E-state index contributed by atoms with van der Waals surface area (Å²) in [5.74, 6) is 1.75. The van der Waals surface area contributed by atoms with Crippen LogP contribution in [0.25, 0.3) is 32.3 Å². The highest BCUT2D eigenvalue weighted by Gasteiger charge is 2.50. The minimum absolute atomic E-state index is 0.872. The molecule has 1 atom stereocenters. The zero-order valence-corrected chi connectivity index (χ0v) is 25.6. The predicted octanol–water partition coefficient (Wildman–Crippen LogP) is 10.0. The van der Waals surface area contributed by atoms with E-state index in [0.29, 0.717) is 0 Å². The molecule has 210 valence electrons. The molecule has 8 aromatic carbocycles. The molecule has 0 saturated heterocycles. The maximum absolute atomic E-state index is 7.07. The lowest BCUT2D eigenvalue weighted by molar-refractivity contribution is 0.488. The van der Waals surface area contributed by atoms with Crippen LogP contribution in [0.1, 0.15) is 0 Å². The Bertz CT molecular complexity index is 2620. The molecule has 3 heterocycles. The van der Waals surface area contributed by atoms with Crippen LogP contribution in [0.15, 0.2) is 140 Å². The molecule has 0 aliphatic carbocycles. The number of nitrogens with zero attached hydrogens (tertiary/aromatic N) is 2. The Morgan fingerprint density at radius 2 is 0.956 bits per heavy atom. The van der Waals surface area contributed by atoms with Gasteiger partial charge in [0, 0.05) is 16.4 Å². The lowest BCUT2D eigenvalue weighted by Crippen LogP contribution is -2.45. The minimum atomic E-state index is -2.49. The highest BCUT2D eigenvalue weighted by atomic mass is 32.4. The van der Waals surface area contributed by atoms with Gasteiger partial charge in [-0.1, -0.05) is 96.7 Å². The zero-order chi connectivity index (χ0) is 29.4. The first-order chi connectivity index (χ1) is 22.2. The Hall–Kier alpha value is -5.15. The number of benzene rings is 8. The van der Waals surface area contributed by atoms with Crippen LogP contribution in [0.3, 0.4) is 0 Å². The van der Waals surface area contributed by atoms with Crippen molar-refractivity contribution in [2.24, 2.45) is 0 Å². The fourth-order valence-corrected chi connectivity index (χ4v) is 13.3. The van der Waals surface area contributed by atoms with Crippen LogP contribution in [0.4, 0.5) is 34.1 Å². The molecule has 0 N–H and O–H groups in total. The highest BCUT2D eigenvalue weighted by molar-refractivity contribution is 8.26. The van der Waals surface area contributed by atoms with Gasteiger partial charge in [0.05, 0.1) is 45.1 Å². The molecule has 5 heteroatoms. The lowest BCUT2D eigenvalue weighted by atomic mass is 9.93. The number of hydrogen-bond acceptors (Lipinski definition) is 4. The summed E-state index contributed by atoms with van der Waals surface area (Å²) in [6.07, 6.45) is 0. The van der Waals surface area contributed by atoms with Crippen molar-refractivity contribution in [2.45, 2.75) is 0 Å². The molecule has 0 amide bonds. The lowest BCUT2D eigenvalue weighted by Gasteiger charge is -2.49. The van der Waals surface area contributed by atoms with E-state index in [9.17, 15) is 0 Å². The SMILES string of the molecule is S=P12c3c4cccc3N(c3ccccc3)c3cccc(c31)N(c1ccc3ccc5cccc6ccc1c3c56)c1cccc(c12)O4. The largest absolute Gasteiger partial charge is 0.456 e. The van der Waals surface area contributed by atoms with Crippen molar-refractivity contribution in [3.63, 3.8) is 0 Å². The van der Waals surface area contributed by atoms with Gasteiger partial charge in [-0.05, 0) is 81.5 Å². The van der Waals surface area contributed by atoms with Crippen molar-refractivity contribution in [1.82, 2.24) is 0 Å². The van der Waals surface area contributed by atoms with Crippen LogP contribution >= 0.6 is 6.04 Å². The molecule has 0 bridgehead atoms. The molecule has 3 nitrogen and oxygen atoms in total. The number of anilines is 6. The van der Waals surface area contributed by atoms with Crippen LogP contribution in [0.5, 0.6) is 11.5 Å². The average Bonchev–Trinajstić information content (AvgIpc) is 3.08. The maximum Gasteiger partial charge on any atom is 0.138 e. The third-order valence-corrected chi connectivity index (χ3v) is 14.7. The molecule has 8 aromatic rings. The fraction of sp³-hybridized carbons (Fsp3) is 0. The zero-order valence-electron chi connectivity index (χ0n) is 23.9. The first-order valence-corrected chi connectivity index (χ1v) is 18.0. The molecule has 11 rings (SSSR count). The molecule has 0 saturated carbocycles. The van der Waals surface area contributed by atoms with Crippen LogP contribution in [-0.2, 0) is 11.8 Å². The molecule has 0 aromatic heterocycles. The fourth-order valence-electron chi connectivity index (χ4n) is 8.13. The normalized spacial score (nSPS) is 17.2. The van der Waals surface area contributed by atoms with Gasteiger partial charge in [-0.3, -0.25) is 0 Å². The van der Waals surface area contributed by atoms with E-state index in [4.69, 9.17) is 16.5 Å². The highest BCUT2D eigenvalue weighted by Crippen LogP contribution is 2.66. The number of hydrogen-bond donors (Lipinski definition) is 0. The minimum Gasteiger partial charge on any atom is -0.456 e. The second kappa shape index (κ2) is 8.31. The summed E-state index contributed by atoms with van der Waals surface area (Å²) < 4.78 is 6.77. The summed E-state index contributed by atoms with van der Waals surface area (Å²) in [7, 11) is 0. The van der Waals surface area contributed by atoms with E-state index in [-0.39, 0.29) is 0 Å². The van der Waals surface area contributed by atoms with Gasteiger partial charge in [-0.25, -0.2) is 0 Å². The maximum atomic E-state index is 7.07. The molecule has 0 radical (unpaired) electrons. The Balaban J connectivity index is 1.29. The summed E-state index contributed by atoms with van der Waals surface area (Å²) in [4.78, 5) is 4.84. The molecular formula is C40H23N2OPS. The molecule has 0 fully saturated rings. The Kier molecular flexibility index (Phi) is 4.47. The average molecular weight is 611 g/mol. The Labute approximate surface area is 264 Å². The predicted molar refractivity (Wildman–Crippen MR) is 193 cm³/mol. The van der Waals surface area contributed by atoms with E-state index < -0.39 is 6.04 Å². The van der Waals surface area contributed by atoms with E-state index in [1.54, 1.807) is 0 Å². The molecule has 1 unspecified atom stereocenters. The van der Waals surface area contributed by atoms with Crippen molar-refractivity contribution in [2.75, 3.05) is 9.80 Å². The van der Waals surface area contributed by atoms with Crippen molar-refractivity contribution in [3.8, 4) is 11.5 Å². The third-order valence-electron chi connectivity index (χ3n) is 9.84. The van der Waals surface area contributed by atoms with Crippen LogP contribution in [0.2, 0.25) is 0 Å². The van der Waals surface area contributed by atoms with Gasteiger partial charge in [0.15, 0.2) is 0 Å². The van der Waals surface area contributed by atoms with Crippen molar-refractivity contribution in [1.29, 1.82) is 0 Å². The first kappa shape index (κ1) is 24.2. The Morgan fingerprint density at radius 1 is 0.422 bits per heavy atom. The third kappa shape index (κ3) is 2.86. The monoisotopic (exact) mass is 610 g/mol. The van der Waals surface area contributed by atoms with E-state index in [1.165, 1.54) is 37.6 Å². The molecule has 45 heavy (non-hydrogen) atoms. The summed E-state index contributed by atoms with van der Waals surface area (Å²) in [6.45, 7) is 0. The standard InChI is InChI=1S/C40H23N2OPS/c45-44-38-30-12-5-13-31(38)42(29-23-21-26-19-18-24-8-4-9-25-20-22-28(29)37(26)36(24)25)33-15-7-17-35(40(33)44)43-34-16-6-14-32(39(34)44)41(30)27-10-2-1-3-11-27/h1-23H. The van der Waals surface area contributed by atoms with Gasteiger partial charge in [0.1, 0.15) is 11.5 Å². The first-order valence-electron chi connectivity index (χ1n) is 15.2. The Morgan fingerprint density at radius 3 is 1.67 bits per heavy atom. The topological polar surface area (TPSA) is 15.7 Å². The number of rotatable bonds is 2. The second-order valence-electron chi connectivity index (χ2n) is 12.1. The van der Waals surface area contributed by atoms with Crippen molar-refractivity contribution < 1.29 is 4.74 Å². The second-order valence-corrected chi connectivity index (χ2v) is 16.3. The van der Waals surface area contributed by atoms with Gasteiger partial charge >= 0.3 is 0 Å². The van der Waals surface area contributed by atoms with E-state index in [0.717, 1.165) is 56.2 Å². The van der Waals surface area contributed by atoms with Crippen LogP contribution < -0.4 is 30.5 Å². The van der Waals surface area contributed by atoms with Gasteiger partial charge < -0.3 is 14.5 Å². The summed E-state index contributed by atoms with van der Waals surface area (Å²) in [5, 5.41) is 11.2. The number of ether oxygens (including phenoxy) is 1. The van der Waals surface area contributed by atoms with Gasteiger partial charge in [-0.15, -0.1) is 0 Å². The molecule has 3 aliphatic rings. The van der Waals surface area contributed by atoms with Crippen molar-refractivity contribution >= 4 is 100 Å². The van der Waals surface area contributed by atoms with Gasteiger partial charge in [0.25, 0.3) is 0 Å². The molecule has 3 aliphatic heterocycles. The van der Waals surface area contributed by atoms with Gasteiger partial charge in [-0.2, -0.15) is 0 Å². The molecule has 0 spiro atoms. The smallest absolute Gasteiger partial charge is 0.138 e.